The van der Waals surface area contributed by atoms with Crippen molar-refractivity contribution in [3.05, 3.63) is 42.4 Å². The quantitative estimate of drug-likeness (QED) is 0.533. The first-order chi connectivity index (χ1) is 17.3. The van der Waals surface area contributed by atoms with Crippen molar-refractivity contribution in [3.63, 3.8) is 0 Å². The topological polar surface area (TPSA) is 96.0 Å². The van der Waals surface area contributed by atoms with Gasteiger partial charge in [0.05, 0.1) is 36.1 Å². The van der Waals surface area contributed by atoms with Crippen molar-refractivity contribution < 1.29 is 14.3 Å². The van der Waals surface area contributed by atoms with Crippen LogP contribution in [0.4, 0.5) is 10.6 Å². The molecule has 188 valence electrons. The zero-order chi connectivity index (χ0) is 25.4. The van der Waals surface area contributed by atoms with Crippen LogP contribution in [0, 0.1) is 17.2 Å². The number of pyridine rings is 2. The third kappa shape index (κ3) is 4.55. The van der Waals surface area contributed by atoms with E-state index in [1.54, 1.807) is 16.9 Å². The Morgan fingerprint density at radius 1 is 1.22 bits per heavy atom. The van der Waals surface area contributed by atoms with Crippen molar-refractivity contribution in [2.45, 2.75) is 52.2 Å². The summed E-state index contributed by atoms with van der Waals surface area (Å²) in [6, 6.07) is 8.32. The molecule has 5 heterocycles. The number of carbonyl (C=O) groups is 1. The highest BCUT2D eigenvalue weighted by molar-refractivity contribution is 5.85. The minimum atomic E-state index is -0.507. The van der Waals surface area contributed by atoms with E-state index in [9.17, 15) is 10.1 Å². The SMILES string of the molecule is CCOc1cc(-c2ccc(N3CCC4CCN(C(=O)OC(C)(C)C)[C@@H]4C3)nc2)c2c(C#N)cnn2c1. The summed E-state index contributed by atoms with van der Waals surface area (Å²) in [6.07, 6.45) is 6.99. The van der Waals surface area contributed by atoms with Crippen LogP contribution in [-0.4, -0.2) is 63.5 Å². The van der Waals surface area contributed by atoms with Crippen molar-refractivity contribution in [2.75, 3.05) is 31.1 Å². The second-order valence-electron chi connectivity index (χ2n) is 10.4. The van der Waals surface area contributed by atoms with Gasteiger partial charge in [0.25, 0.3) is 0 Å². The lowest BCUT2D eigenvalue weighted by Crippen LogP contribution is -2.51. The number of rotatable bonds is 4. The smallest absolute Gasteiger partial charge is 0.410 e. The number of carbonyl (C=O) groups excluding carboxylic acids is 1. The zero-order valence-electron chi connectivity index (χ0n) is 21.3. The molecule has 2 fully saturated rings. The van der Waals surface area contributed by atoms with E-state index in [2.05, 4.69) is 16.1 Å². The van der Waals surface area contributed by atoms with Gasteiger partial charge < -0.3 is 19.3 Å². The lowest BCUT2D eigenvalue weighted by Gasteiger charge is -2.39. The number of hydrogen-bond acceptors (Lipinski definition) is 7. The molecule has 3 aromatic rings. The van der Waals surface area contributed by atoms with Crippen LogP contribution in [0.3, 0.4) is 0 Å². The highest BCUT2D eigenvalue weighted by atomic mass is 16.6. The van der Waals surface area contributed by atoms with E-state index in [1.165, 1.54) is 0 Å². The van der Waals surface area contributed by atoms with Crippen molar-refractivity contribution in [2.24, 2.45) is 5.92 Å². The molecule has 2 saturated heterocycles. The molecule has 5 rings (SSSR count). The van der Waals surface area contributed by atoms with Crippen LogP contribution in [0.1, 0.15) is 46.1 Å². The molecule has 9 heteroatoms. The molecule has 2 aliphatic rings. The Kier molecular flexibility index (Phi) is 6.20. The van der Waals surface area contributed by atoms with Gasteiger partial charge in [0.15, 0.2) is 0 Å². The number of anilines is 1. The summed E-state index contributed by atoms with van der Waals surface area (Å²) in [6.45, 7) is 10.6. The summed E-state index contributed by atoms with van der Waals surface area (Å²) < 4.78 is 13.1. The van der Waals surface area contributed by atoms with E-state index in [0.29, 0.717) is 23.8 Å². The fourth-order valence-corrected chi connectivity index (χ4v) is 5.27. The highest BCUT2D eigenvalue weighted by Gasteiger charge is 2.42. The van der Waals surface area contributed by atoms with Gasteiger partial charge in [0.1, 0.15) is 23.2 Å². The predicted octanol–water partition coefficient (Wildman–Crippen LogP) is 4.50. The molecule has 36 heavy (non-hydrogen) atoms. The van der Waals surface area contributed by atoms with Crippen molar-refractivity contribution in [1.29, 1.82) is 5.26 Å². The van der Waals surface area contributed by atoms with Gasteiger partial charge >= 0.3 is 6.09 Å². The number of likely N-dealkylation sites (tertiary alicyclic amines) is 1. The van der Waals surface area contributed by atoms with Crippen LogP contribution in [0.25, 0.3) is 16.6 Å². The van der Waals surface area contributed by atoms with Crippen molar-refractivity contribution in [1.82, 2.24) is 19.5 Å². The molecule has 1 unspecified atom stereocenters. The number of nitriles is 1. The van der Waals surface area contributed by atoms with Gasteiger partial charge in [-0.1, -0.05) is 0 Å². The van der Waals surface area contributed by atoms with E-state index in [1.807, 2.05) is 57.0 Å². The molecule has 0 saturated carbocycles. The average molecular weight is 489 g/mol. The maximum absolute atomic E-state index is 12.8. The van der Waals surface area contributed by atoms with Gasteiger partial charge in [-0.15, -0.1) is 0 Å². The van der Waals surface area contributed by atoms with Crippen LogP contribution in [0.15, 0.2) is 36.8 Å². The third-order valence-corrected chi connectivity index (χ3v) is 6.89. The summed E-state index contributed by atoms with van der Waals surface area (Å²) in [4.78, 5) is 21.7. The van der Waals surface area contributed by atoms with Crippen LogP contribution >= 0.6 is 0 Å². The summed E-state index contributed by atoms with van der Waals surface area (Å²) in [5.41, 5.74) is 2.46. The number of hydrogen-bond donors (Lipinski definition) is 0. The minimum Gasteiger partial charge on any atom is -0.492 e. The fraction of sp³-hybridized carbons (Fsp3) is 0.481. The molecule has 0 N–H and O–H groups in total. The number of piperidine rings is 1. The van der Waals surface area contributed by atoms with E-state index in [4.69, 9.17) is 14.5 Å². The molecule has 1 amide bonds. The first-order valence-corrected chi connectivity index (χ1v) is 12.5. The fourth-order valence-electron chi connectivity index (χ4n) is 5.27. The Balaban J connectivity index is 1.39. The van der Waals surface area contributed by atoms with Gasteiger partial charge in [-0.2, -0.15) is 10.4 Å². The average Bonchev–Trinajstić information content (AvgIpc) is 3.46. The Morgan fingerprint density at radius 3 is 2.72 bits per heavy atom. The number of nitrogens with zero attached hydrogens (tertiary/aromatic N) is 6. The van der Waals surface area contributed by atoms with E-state index in [0.717, 1.165) is 54.9 Å². The maximum atomic E-state index is 12.8. The molecular formula is C27H32N6O3. The molecule has 2 aliphatic heterocycles. The maximum Gasteiger partial charge on any atom is 0.410 e. The van der Waals surface area contributed by atoms with E-state index in [-0.39, 0.29) is 12.1 Å². The van der Waals surface area contributed by atoms with Crippen LogP contribution in [0.5, 0.6) is 5.75 Å². The van der Waals surface area contributed by atoms with Gasteiger partial charge in [0, 0.05) is 37.0 Å². The number of amides is 1. The molecule has 3 aromatic heterocycles. The zero-order valence-corrected chi connectivity index (χ0v) is 21.3. The van der Waals surface area contributed by atoms with Crippen molar-refractivity contribution in [3.8, 4) is 22.9 Å². The van der Waals surface area contributed by atoms with Crippen LogP contribution in [0.2, 0.25) is 0 Å². The van der Waals surface area contributed by atoms with Gasteiger partial charge in [-0.25, -0.2) is 14.3 Å². The first kappa shape index (κ1) is 23.9. The summed E-state index contributed by atoms with van der Waals surface area (Å²) in [5.74, 6) is 2.05. The normalized spacial score (nSPS) is 19.8. The summed E-state index contributed by atoms with van der Waals surface area (Å²) >= 11 is 0. The number of fused-ring (bicyclic) bond motifs is 2. The van der Waals surface area contributed by atoms with Gasteiger partial charge in [0.2, 0.25) is 0 Å². The summed E-state index contributed by atoms with van der Waals surface area (Å²) in [5, 5.41) is 13.9. The van der Waals surface area contributed by atoms with Crippen LogP contribution in [-0.2, 0) is 4.74 Å². The molecule has 0 radical (unpaired) electrons. The molecule has 0 bridgehead atoms. The van der Waals surface area contributed by atoms with E-state index < -0.39 is 5.60 Å². The lowest BCUT2D eigenvalue weighted by molar-refractivity contribution is 0.0203. The number of aromatic nitrogens is 3. The molecule has 0 aliphatic carbocycles. The molecule has 0 aromatic carbocycles. The Bertz CT molecular complexity index is 1300. The molecular weight excluding hydrogens is 456 g/mol. The molecule has 0 spiro atoms. The van der Waals surface area contributed by atoms with Crippen LogP contribution < -0.4 is 9.64 Å². The van der Waals surface area contributed by atoms with Crippen molar-refractivity contribution >= 4 is 17.4 Å². The third-order valence-electron chi connectivity index (χ3n) is 6.89. The monoisotopic (exact) mass is 488 g/mol. The Morgan fingerprint density at radius 2 is 2.03 bits per heavy atom. The second-order valence-corrected chi connectivity index (χ2v) is 10.4. The molecule has 2 atom stereocenters. The predicted molar refractivity (Wildman–Crippen MR) is 136 cm³/mol. The lowest BCUT2D eigenvalue weighted by atomic mass is 9.92. The highest BCUT2D eigenvalue weighted by Crippen LogP contribution is 2.35. The standard InChI is InChI=1S/C27H32N6O3/c1-5-35-21-12-22(25-20(13-28)15-30-33(25)16-21)19-6-7-24(29-14-19)31-10-8-18-9-11-32(23(18)17-31)26(34)36-27(2,3)4/h6-7,12,14-16,18,23H,5,8-11,17H2,1-4H3/t18?,23-/m1/s1. The Hall–Kier alpha value is -3.80. The van der Waals surface area contributed by atoms with Gasteiger partial charge in [-0.05, 0) is 64.7 Å². The van der Waals surface area contributed by atoms with E-state index >= 15 is 0 Å². The largest absolute Gasteiger partial charge is 0.492 e. The number of ether oxygens (including phenoxy) is 2. The minimum absolute atomic E-state index is 0.127. The second kappa shape index (κ2) is 9.34. The van der Waals surface area contributed by atoms with Gasteiger partial charge in [-0.3, -0.25) is 0 Å². The molecule has 9 nitrogen and oxygen atoms in total. The Labute approximate surface area is 211 Å². The summed E-state index contributed by atoms with van der Waals surface area (Å²) in [7, 11) is 0. The first-order valence-electron chi connectivity index (χ1n) is 12.5.